The van der Waals surface area contributed by atoms with Crippen LogP contribution in [-0.2, 0) is 17.5 Å². The van der Waals surface area contributed by atoms with E-state index >= 15 is 0 Å². The highest BCUT2D eigenvalue weighted by Crippen LogP contribution is 2.27. The largest absolute Gasteiger partial charge is 0.467 e. The molecular formula is C14H13F3N2O3. The number of hydrogen-bond acceptors (Lipinski definition) is 3. The Kier molecular flexibility index (Phi) is 4.39. The molecular weight excluding hydrogens is 301 g/mol. The van der Waals surface area contributed by atoms with E-state index in [-0.39, 0.29) is 0 Å². The standard InChI is InChI=1S/C14H13F3N2O3/c1-9(11-3-2-6-22-11)18-12(20)8-19-7-10(14(15,16)17)4-5-13(19)21/h2-7,9H,8H2,1H3,(H,18,20)/t9-/m0/s1. The molecule has 2 aromatic heterocycles. The topological polar surface area (TPSA) is 64.2 Å². The van der Waals surface area contributed by atoms with Crippen LogP contribution in [0.25, 0.3) is 0 Å². The van der Waals surface area contributed by atoms with Gasteiger partial charge in [-0.1, -0.05) is 0 Å². The van der Waals surface area contributed by atoms with Crippen LogP contribution in [0, 0.1) is 0 Å². The van der Waals surface area contributed by atoms with Crippen molar-refractivity contribution in [1.82, 2.24) is 9.88 Å². The molecule has 2 heterocycles. The number of furan rings is 1. The molecule has 0 aliphatic rings. The van der Waals surface area contributed by atoms with E-state index in [9.17, 15) is 22.8 Å². The van der Waals surface area contributed by atoms with Gasteiger partial charge in [-0.2, -0.15) is 13.2 Å². The minimum absolute atomic E-state index is 0.455. The van der Waals surface area contributed by atoms with Crippen molar-refractivity contribution in [2.24, 2.45) is 0 Å². The number of pyridine rings is 1. The number of carbonyl (C=O) groups excluding carboxylic acids is 1. The third-order valence-corrected chi connectivity index (χ3v) is 2.97. The SMILES string of the molecule is C[C@H](NC(=O)Cn1cc(C(F)(F)F)ccc1=O)c1ccco1. The molecule has 0 bridgehead atoms. The molecule has 1 amide bonds. The van der Waals surface area contributed by atoms with Crippen molar-refractivity contribution in [3.8, 4) is 0 Å². The maximum atomic E-state index is 12.6. The Balaban J connectivity index is 2.10. The van der Waals surface area contributed by atoms with Crippen LogP contribution in [-0.4, -0.2) is 10.5 Å². The number of nitrogens with zero attached hydrogens (tertiary/aromatic N) is 1. The van der Waals surface area contributed by atoms with Crippen LogP contribution in [0.5, 0.6) is 0 Å². The van der Waals surface area contributed by atoms with Crippen LogP contribution in [0.15, 0.2) is 45.9 Å². The Hall–Kier alpha value is -2.51. The minimum Gasteiger partial charge on any atom is -0.467 e. The van der Waals surface area contributed by atoms with E-state index < -0.39 is 35.8 Å². The molecule has 0 spiro atoms. The normalized spacial score (nSPS) is 12.9. The van der Waals surface area contributed by atoms with E-state index in [2.05, 4.69) is 5.32 Å². The van der Waals surface area contributed by atoms with Gasteiger partial charge in [-0.05, 0) is 25.1 Å². The monoisotopic (exact) mass is 314 g/mol. The average molecular weight is 314 g/mol. The number of halogens is 3. The molecule has 0 aliphatic heterocycles. The van der Waals surface area contributed by atoms with Crippen LogP contribution < -0.4 is 10.9 Å². The van der Waals surface area contributed by atoms with Crippen molar-refractivity contribution in [2.45, 2.75) is 25.7 Å². The van der Waals surface area contributed by atoms with Gasteiger partial charge in [0.25, 0.3) is 5.56 Å². The lowest BCUT2D eigenvalue weighted by molar-refractivity contribution is -0.138. The van der Waals surface area contributed by atoms with Crippen LogP contribution in [0.4, 0.5) is 13.2 Å². The van der Waals surface area contributed by atoms with Gasteiger partial charge in [0, 0.05) is 12.3 Å². The molecule has 118 valence electrons. The summed E-state index contributed by atoms with van der Waals surface area (Å²) in [5.74, 6) is -0.0879. The van der Waals surface area contributed by atoms with Gasteiger partial charge in [0.15, 0.2) is 0 Å². The number of hydrogen-bond donors (Lipinski definition) is 1. The number of rotatable bonds is 4. The fourth-order valence-corrected chi connectivity index (χ4v) is 1.87. The Morgan fingerprint density at radius 3 is 2.68 bits per heavy atom. The van der Waals surface area contributed by atoms with Crippen molar-refractivity contribution >= 4 is 5.91 Å². The van der Waals surface area contributed by atoms with Crippen LogP contribution >= 0.6 is 0 Å². The van der Waals surface area contributed by atoms with E-state index in [1.54, 1.807) is 19.1 Å². The van der Waals surface area contributed by atoms with Gasteiger partial charge in [0.1, 0.15) is 12.3 Å². The van der Waals surface area contributed by atoms with Gasteiger partial charge in [-0.15, -0.1) is 0 Å². The first kappa shape index (κ1) is 15.9. The first-order valence-corrected chi connectivity index (χ1v) is 6.38. The zero-order valence-electron chi connectivity index (χ0n) is 11.6. The molecule has 0 aromatic carbocycles. The molecule has 5 nitrogen and oxygen atoms in total. The summed E-state index contributed by atoms with van der Waals surface area (Å²) in [5.41, 5.74) is -1.67. The number of alkyl halides is 3. The fourth-order valence-electron chi connectivity index (χ4n) is 1.87. The van der Waals surface area contributed by atoms with Gasteiger partial charge < -0.3 is 14.3 Å². The smallest absolute Gasteiger partial charge is 0.417 e. The molecule has 0 saturated carbocycles. The lowest BCUT2D eigenvalue weighted by Crippen LogP contribution is -2.33. The number of amides is 1. The number of nitrogens with one attached hydrogen (secondary N) is 1. The van der Waals surface area contributed by atoms with Crippen molar-refractivity contribution in [1.29, 1.82) is 0 Å². The van der Waals surface area contributed by atoms with Crippen molar-refractivity contribution in [3.63, 3.8) is 0 Å². The molecule has 2 rings (SSSR count). The van der Waals surface area contributed by atoms with Crippen molar-refractivity contribution in [2.75, 3.05) is 0 Å². The lowest BCUT2D eigenvalue weighted by atomic mass is 10.2. The molecule has 0 radical (unpaired) electrons. The maximum absolute atomic E-state index is 12.6. The molecule has 0 fully saturated rings. The van der Waals surface area contributed by atoms with Gasteiger partial charge in [0.05, 0.1) is 17.9 Å². The quantitative estimate of drug-likeness (QED) is 0.942. The van der Waals surface area contributed by atoms with Gasteiger partial charge >= 0.3 is 6.18 Å². The highest BCUT2D eigenvalue weighted by atomic mass is 19.4. The van der Waals surface area contributed by atoms with E-state index in [1.807, 2.05) is 0 Å². The summed E-state index contributed by atoms with van der Waals surface area (Å²) in [5, 5.41) is 2.54. The van der Waals surface area contributed by atoms with Gasteiger partial charge in [0.2, 0.25) is 5.91 Å². The number of aromatic nitrogens is 1. The maximum Gasteiger partial charge on any atom is 0.417 e. The molecule has 2 aromatic rings. The lowest BCUT2D eigenvalue weighted by Gasteiger charge is -2.13. The summed E-state index contributed by atoms with van der Waals surface area (Å²) in [6.45, 7) is 1.15. The van der Waals surface area contributed by atoms with E-state index in [4.69, 9.17) is 4.42 Å². The fraction of sp³-hybridized carbons (Fsp3) is 0.286. The van der Waals surface area contributed by atoms with E-state index in [0.717, 1.165) is 6.07 Å². The second-order valence-corrected chi connectivity index (χ2v) is 4.69. The predicted octanol–water partition coefficient (Wildman–Crippen LogP) is 2.34. The van der Waals surface area contributed by atoms with E-state index in [1.165, 1.54) is 6.26 Å². The van der Waals surface area contributed by atoms with Crippen LogP contribution in [0.3, 0.4) is 0 Å². The number of carbonyl (C=O) groups is 1. The highest BCUT2D eigenvalue weighted by molar-refractivity contribution is 5.76. The summed E-state index contributed by atoms with van der Waals surface area (Å²) in [7, 11) is 0. The van der Waals surface area contributed by atoms with Crippen LogP contribution in [0.2, 0.25) is 0 Å². The molecule has 22 heavy (non-hydrogen) atoms. The Morgan fingerprint density at radius 2 is 2.09 bits per heavy atom. The molecule has 0 saturated heterocycles. The Morgan fingerprint density at radius 1 is 1.36 bits per heavy atom. The Labute approximate surface area is 123 Å². The van der Waals surface area contributed by atoms with Gasteiger partial charge in [-0.3, -0.25) is 9.59 Å². The molecule has 0 unspecified atom stereocenters. The first-order chi connectivity index (χ1) is 10.3. The van der Waals surface area contributed by atoms with Gasteiger partial charge in [-0.25, -0.2) is 0 Å². The summed E-state index contributed by atoms with van der Waals surface area (Å²) < 4.78 is 43.6. The minimum atomic E-state index is -4.58. The van der Waals surface area contributed by atoms with Crippen molar-refractivity contribution in [3.05, 3.63) is 58.4 Å². The third-order valence-electron chi connectivity index (χ3n) is 2.97. The molecule has 0 aliphatic carbocycles. The third kappa shape index (κ3) is 3.78. The highest BCUT2D eigenvalue weighted by Gasteiger charge is 2.31. The van der Waals surface area contributed by atoms with E-state index in [0.29, 0.717) is 22.6 Å². The summed E-state index contributed by atoms with van der Waals surface area (Å²) >= 11 is 0. The first-order valence-electron chi connectivity index (χ1n) is 6.38. The second kappa shape index (κ2) is 6.08. The van der Waals surface area contributed by atoms with Crippen molar-refractivity contribution < 1.29 is 22.4 Å². The van der Waals surface area contributed by atoms with Crippen LogP contribution in [0.1, 0.15) is 24.3 Å². The molecule has 1 atom stereocenters. The Bertz CT molecular complexity index is 705. The second-order valence-electron chi connectivity index (χ2n) is 4.69. The predicted molar refractivity (Wildman–Crippen MR) is 71.0 cm³/mol. The molecule has 8 heteroatoms. The molecule has 1 N–H and O–H groups in total. The summed E-state index contributed by atoms with van der Waals surface area (Å²) in [6.07, 6.45) is -2.51. The average Bonchev–Trinajstić information content (AvgIpc) is 2.94. The zero-order valence-corrected chi connectivity index (χ0v) is 11.6. The summed E-state index contributed by atoms with van der Waals surface area (Å²) in [4.78, 5) is 23.4. The zero-order chi connectivity index (χ0) is 16.3. The summed E-state index contributed by atoms with van der Waals surface area (Å²) in [6, 6.07) is 4.31.